The number of hydrogen-bond acceptors (Lipinski definition) is 5. The number of para-hydroxylation sites is 2. The molecule has 3 rings (SSSR count). The predicted octanol–water partition coefficient (Wildman–Crippen LogP) is 3.35. The van der Waals surface area contributed by atoms with Gasteiger partial charge in [0.2, 0.25) is 15.9 Å². The van der Waals surface area contributed by atoms with Crippen LogP contribution in [0.15, 0.2) is 29.2 Å². The van der Waals surface area contributed by atoms with E-state index in [1.165, 1.54) is 0 Å². The molecular weight excluding hydrogens is 416 g/mol. The lowest BCUT2D eigenvalue weighted by Crippen LogP contribution is -2.38. The highest BCUT2D eigenvalue weighted by molar-refractivity contribution is 7.89. The SMILES string of the molecule is CCOc1ccccc1NC(=O)CCn1nc(C)c(S(=O)(=O)N2CCC(C)CC2)c1C. The van der Waals surface area contributed by atoms with Gasteiger partial charge in [0.25, 0.3) is 0 Å². The number of aryl methyl sites for hydroxylation is 2. The Kier molecular flexibility index (Phi) is 7.38. The molecule has 1 aliphatic heterocycles. The van der Waals surface area contributed by atoms with Crippen molar-refractivity contribution in [2.75, 3.05) is 25.0 Å². The van der Waals surface area contributed by atoms with Crippen LogP contribution in [0.4, 0.5) is 5.69 Å². The number of aromatic nitrogens is 2. The van der Waals surface area contributed by atoms with Crippen LogP contribution in [0, 0.1) is 19.8 Å². The van der Waals surface area contributed by atoms with Crippen molar-refractivity contribution in [3.8, 4) is 5.75 Å². The molecule has 0 unspecified atom stereocenters. The lowest BCUT2D eigenvalue weighted by atomic mass is 10.0. The molecular formula is C22H32N4O4S. The predicted molar refractivity (Wildman–Crippen MR) is 120 cm³/mol. The Bertz CT molecular complexity index is 1020. The van der Waals surface area contributed by atoms with E-state index in [1.807, 2.05) is 19.1 Å². The minimum absolute atomic E-state index is 0.170. The molecule has 31 heavy (non-hydrogen) atoms. The van der Waals surface area contributed by atoms with E-state index in [1.54, 1.807) is 35.0 Å². The molecule has 0 atom stereocenters. The van der Waals surface area contributed by atoms with Crippen LogP contribution in [0.3, 0.4) is 0 Å². The molecule has 0 aliphatic carbocycles. The number of anilines is 1. The zero-order valence-electron chi connectivity index (χ0n) is 18.7. The first-order valence-electron chi connectivity index (χ1n) is 10.8. The summed E-state index contributed by atoms with van der Waals surface area (Å²) in [7, 11) is -3.59. The Morgan fingerprint density at radius 2 is 1.90 bits per heavy atom. The number of nitrogens with zero attached hydrogens (tertiary/aromatic N) is 3. The van der Waals surface area contributed by atoms with Gasteiger partial charge in [0, 0.05) is 19.5 Å². The Morgan fingerprint density at radius 1 is 1.23 bits per heavy atom. The largest absolute Gasteiger partial charge is 0.492 e. The van der Waals surface area contributed by atoms with Crippen LogP contribution in [-0.2, 0) is 21.4 Å². The number of benzene rings is 1. The van der Waals surface area contributed by atoms with Crippen LogP contribution >= 0.6 is 0 Å². The molecule has 170 valence electrons. The van der Waals surface area contributed by atoms with E-state index in [0.717, 1.165) is 12.8 Å². The van der Waals surface area contributed by atoms with E-state index >= 15 is 0 Å². The number of nitrogens with one attached hydrogen (secondary N) is 1. The van der Waals surface area contributed by atoms with Gasteiger partial charge in [-0.1, -0.05) is 19.1 Å². The van der Waals surface area contributed by atoms with Gasteiger partial charge in [-0.2, -0.15) is 9.40 Å². The van der Waals surface area contributed by atoms with Crippen LogP contribution < -0.4 is 10.1 Å². The quantitative estimate of drug-likeness (QED) is 0.668. The van der Waals surface area contributed by atoms with Gasteiger partial charge in [0.1, 0.15) is 10.6 Å². The summed E-state index contributed by atoms with van der Waals surface area (Å²) in [4.78, 5) is 12.8. The lowest BCUT2D eigenvalue weighted by Gasteiger charge is -2.29. The van der Waals surface area contributed by atoms with Crippen LogP contribution in [-0.4, -0.2) is 48.1 Å². The maximum absolute atomic E-state index is 13.2. The Labute approximate surface area is 184 Å². The first-order chi connectivity index (χ1) is 14.7. The van der Waals surface area contributed by atoms with Crippen molar-refractivity contribution in [3.63, 3.8) is 0 Å². The molecule has 9 heteroatoms. The second kappa shape index (κ2) is 9.82. The zero-order chi connectivity index (χ0) is 22.6. The summed E-state index contributed by atoms with van der Waals surface area (Å²) in [6, 6.07) is 7.27. The van der Waals surface area contributed by atoms with Crippen molar-refractivity contribution in [1.29, 1.82) is 0 Å². The zero-order valence-corrected chi connectivity index (χ0v) is 19.5. The molecule has 0 spiro atoms. The first-order valence-corrected chi connectivity index (χ1v) is 12.2. The number of amides is 1. The van der Waals surface area contributed by atoms with E-state index in [4.69, 9.17) is 4.74 Å². The number of rotatable bonds is 8. The number of hydrogen-bond donors (Lipinski definition) is 1. The normalized spacial score (nSPS) is 15.7. The maximum Gasteiger partial charge on any atom is 0.246 e. The summed E-state index contributed by atoms with van der Waals surface area (Å²) in [5, 5.41) is 7.28. The Morgan fingerprint density at radius 3 is 2.58 bits per heavy atom. The van der Waals surface area contributed by atoms with Crippen molar-refractivity contribution >= 4 is 21.6 Å². The topological polar surface area (TPSA) is 93.5 Å². The molecule has 1 N–H and O–H groups in total. The standard InChI is InChI=1S/C22H32N4O4S/c1-5-30-20-9-7-6-8-19(20)23-21(27)12-15-26-18(4)22(17(3)24-26)31(28,29)25-13-10-16(2)11-14-25/h6-9,16H,5,10-15H2,1-4H3,(H,23,27). The summed E-state index contributed by atoms with van der Waals surface area (Å²) in [5.41, 5.74) is 1.65. The van der Waals surface area contributed by atoms with Gasteiger partial charge in [-0.05, 0) is 51.7 Å². The van der Waals surface area contributed by atoms with Gasteiger partial charge in [0.15, 0.2) is 0 Å². The van der Waals surface area contributed by atoms with Gasteiger partial charge < -0.3 is 10.1 Å². The molecule has 8 nitrogen and oxygen atoms in total. The molecule has 1 saturated heterocycles. The average molecular weight is 449 g/mol. The third-order valence-electron chi connectivity index (χ3n) is 5.67. The van der Waals surface area contributed by atoms with Crippen LogP contribution in [0.1, 0.15) is 44.5 Å². The van der Waals surface area contributed by atoms with Crippen molar-refractivity contribution in [1.82, 2.24) is 14.1 Å². The first kappa shape index (κ1) is 23.3. The minimum atomic E-state index is -3.59. The highest BCUT2D eigenvalue weighted by Gasteiger charge is 2.33. The van der Waals surface area contributed by atoms with Crippen molar-refractivity contribution in [2.24, 2.45) is 5.92 Å². The van der Waals surface area contributed by atoms with Crippen LogP contribution in [0.25, 0.3) is 0 Å². The summed E-state index contributed by atoms with van der Waals surface area (Å²) in [5.74, 6) is 0.977. The van der Waals surface area contributed by atoms with E-state index in [0.29, 0.717) is 55.0 Å². The maximum atomic E-state index is 13.2. The van der Waals surface area contributed by atoms with Gasteiger partial charge in [0.05, 0.1) is 30.2 Å². The molecule has 2 aromatic rings. The lowest BCUT2D eigenvalue weighted by molar-refractivity contribution is -0.116. The fraction of sp³-hybridized carbons (Fsp3) is 0.545. The van der Waals surface area contributed by atoms with Gasteiger partial charge >= 0.3 is 0 Å². The summed E-state index contributed by atoms with van der Waals surface area (Å²) in [6.45, 7) is 9.37. The van der Waals surface area contributed by atoms with Crippen molar-refractivity contribution < 1.29 is 17.9 Å². The molecule has 1 fully saturated rings. The number of piperidine rings is 1. The van der Waals surface area contributed by atoms with E-state index in [-0.39, 0.29) is 17.2 Å². The highest BCUT2D eigenvalue weighted by Crippen LogP contribution is 2.28. The number of ether oxygens (including phenoxy) is 1. The fourth-order valence-corrected chi connectivity index (χ4v) is 5.74. The fourth-order valence-electron chi connectivity index (χ4n) is 3.90. The number of sulfonamides is 1. The third kappa shape index (κ3) is 5.27. The molecule has 0 radical (unpaired) electrons. The third-order valence-corrected chi connectivity index (χ3v) is 7.82. The molecule has 0 bridgehead atoms. The molecule has 2 heterocycles. The summed E-state index contributed by atoms with van der Waals surface area (Å²) >= 11 is 0. The van der Waals surface area contributed by atoms with Gasteiger partial charge in [-0.25, -0.2) is 8.42 Å². The van der Waals surface area contributed by atoms with Crippen molar-refractivity contribution in [3.05, 3.63) is 35.7 Å². The summed E-state index contributed by atoms with van der Waals surface area (Å²) < 4.78 is 35.1. The van der Waals surface area contributed by atoms with Crippen molar-refractivity contribution in [2.45, 2.75) is 58.4 Å². The Hall–Kier alpha value is -2.39. The molecule has 1 aliphatic rings. The van der Waals surface area contributed by atoms with E-state index < -0.39 is 10.0 Å². The molecule has 1 aromatic heterocycles. The second-order valence-corrected chi connectivity index (χ2v) is 9.91. The molecule has 1 amide bonds. The van der Waals surface area contributed by atoms with E-state index in [9.17, 15) is 13.2 Å². The van der Waals surface area contributed by atoms with E-state index in [2.05, 4.69) is 17.3 Å². The highest BCUT2D eigenvalue weighted by atomic mass is 32.2. The average Bonchev–Trinajstić information content (AvgIpc) is 3.02. The molecule has 0 saturated carbocycles. The van der Waals surface area contributed by atoms with Crippen LogP contribution in [0.5, 0.6) is 5.75 Å². The summed E-state index contributed by atoms with van der Waals surface area (Å²) in [6.07, 6.45) is 1.91. The van der Waals surface area contributed by atoms with Crippen LogP contribution in [0.2, 0.25) is 0 Å². The van der Waals surface area contributed by atoms with Gasteiger partial charge in [-0.3, -0.25) is 9.48 Å². The van der Waals surface area contributed by atoms with Gasteiger partial charge in [-0.15, -0.1) is 0 Å². The minimum Gasteiger partial charge on any atom is -0.492 e. The number of carbonyl (C=O) groups is 1. The number of carbonyl (C=O) groups excluding carboxylic acids is 1. The smallest absolute Gasteiger partial charge is 0.246 e. The Balaban J connectivity index is 1.69. The second-order valence-electron chi connectivity index (χ2n) is 8.04. The monoisotopic (exact) mass is 448 g/mol. The molecule has 1 aromatic carbocycles.